The Morgan fingerprint density at radius 3 is 2.60 bits per heavy atom. The van der Waals surface area contributed by atoms with Crippen molar-refractivity contribution < 1.29 is 9.90 Å². The van der Waals surface area contributed by atoms with Crippen molar-refractivity contribution in [3.8, 4) is 0 Å². The van der Waals surface area contributed by atoms with Crippen LogP contribution in [0.2, 0.25) is 0 Å². The molecule has 10 heavy (non-hydrogen) atoms. The lowest BCUT2D eigenvalue weighted by Gasteiger charge is -2.12. The van der Waals surface area contributed by atoms with Gasteiger partial charge in [-0.3, -0.25) is 4.79 Å². The molecule has 1 unspecified atom stereocenters. The molecule has 2 atom stereocenters. The molecule has 60 valence electrons. The van der Waals surface area contributed by atoms with Crippen molar-refractivity contribution >= 4 is 18.6 Å². The Hall–Kier alpha value is -0.220. The van der Waals surface area contributed by atoms with E-state index in [9.17, 15) is 4.79 Å². The van der Waals surface area contributed by atoms with Gasteiger partial charge in [-0.2, -0.15) is 12.6 Å². The van der Waals surface area contributed by atoms with E-state index in [4.69, 9.17) is 10.8 Å². The van der Waals surface area contributed by atoms with Gasteiger partial charge < -0.3 is 10.8 Å². The van der Waals surface area contributed by atoms with E-state index in [0.29, 0.717) is 0 Å². The summed E-state index contributed by atoms with van der Waals surface area (Å²) in [5.41, 5.74) is 5.27. The van der Waals surface area contributed by atoms with Gasteiger partial charge in [-0.25, -0.2) is 0 Å². The minimum atomic E-state index is -0.978. The van der Waals surface area contributed by atoms with Crippen LogP contribution < -0.4 is 5.73 Å². The van der Waals surface area contributed by atoms with E-state index >= 15 is 0 Å². The predicted molar refractivity (Wildman–Crippen MR) is 43.3 cm³/mol. The van der Waals surface area contributed by atoms with Crippen LogP contribution in [0.3, 0.4) is 0 Å². The Morgan fingerprint density at radius 1 is 1.80 bits per heavy atom. The molecule has 0 spiro atoms. The van der Waals surface area contributed by atoms with E-state index in [1.807, 2.05) is 6.92 Å². The fraction of sp³-hybridized carbons (Fsp3) is 0.833. The van der Waals surface area contributed by atoms with Gasteiger partial charge in [-0.15, -0.1) is 0 Å². The third-order valence-electron chi connectivity index (χ3n) is 1.28. The number of carboxylic acids is 1. The lowest BCUT2D eigenvalue weighted by Crippen LogP contribution is -2.38. The first-order chi connectivity index (χ1) is 4.59. The van der Waals surface area contributed by atoms with Crippen LogP contribution in [-0.4, -0.2) is 22.4 Å². The SMILES string of the molecule is CCCC(S)[C@H](N)C(=O)O. The summed E-state index contributed by atoms with van der Waals surface area (Å²) in [6, 6.07) is -0.830. The second-order valence-electron chi connectivity index (χ2n) is 2.22. The van der Waals surface area contributed by atoms with Gasteiger partial charge in [0.1, 0.15) is 6.04 Å². The van der Waals surface area contributed by atoms with Crippen LogP contribution in [0.1, 0.15) is 19.8 Å². The molecule has 0 rings (SSSR count). The van der Waals surface area contributed by atoms with Gasteiger partial charge in [-0.05, 0) is 6.42 Å². The summed E-state index contributed by atoms with van der Waals surface area (Å²) in [4.78, 5) is 10.2. The molecule has 0 fully saturated rings. The van der Waals surface area contributed by atoms with E-state index in [0.717, 1.165) is 12.8 Å². The average molecular weight is 163 g/mol. The van der Waals surface area contributed by atoms with Gasteiger partial charge in [0.2, 0.25) is 0 Å². The van der Waals surface area contributed by atoms with Crippen molar-refractivity contribution in [2.24, 2.45) is 5.73 Å². The van der Waals surface area contributed by atoms with E-state index in [1.54, 1.807) is 0 Å². The van der Waals surface area contributed by atoms with Crippen LogP contribution in [0.5, 0.6) is 0 Å². The van der Waals surface area contributed by atoms with Gasteiger partial charge in [0, 0.05) is 5.25 Å². The monoisotopic (exact) mass is 163 g/mol. The quantitative estimate of drug-likeness (QED) is 0.529. The van der Waals surface area contributed by atoms with Crippen LogP contribution >= 0.6 is 12.6 Å². The predicted octanol–water partition coefficient (Wildman–Crippen LogP) is 0.497. The summed E-state index contributed by atoms with van der Waals surface area (Å²) in [6.07, 6.45) is 1.66. The summed E-state index contributed by atoms with van der Waals surface area (Å²) in [7, 11) is 0. The molecule has 3 N–H and O–H groups in total. The Bertz CT molecular complexity index is 118. The van der Waals surface area contributed by atoms with E-state index in [2.05, 4.69) is 12.6 Å². The number of thiol groups is 1. The first-order valence-corrected chi connectivity index (χ1v) is 3.77. The highest BCUT2D eigenvalue weighted by atomic mass is 32.1. The Balaban J connectivity index is 3.69. The zero-order valence-electron chi connectivity index (χ0n) is 5.95. The highest BCUT2D eigenvalue weighted by molar-refractivity contribution is 7.81. The zero-order chi connectivity index (χ0) is 8.15. The number of aliphatic carboxylic acids is 1. The molecule has 0 amide bonds. The molecule has 0 saturated heterocycles. The van der Waals surface area contributed by atoms with Crippen molar-refractivity contribution in [2.75, 3.05) is 0 Å². The first kappa shape index (κ1) is 9.78. The van der Waals surface area contributed by atoms with Crippen LogP contribution in [0.4, 0.5) is 0 Å². The van der Waals surface area contributed by atoms with Crippen LogP contribution in [-0.2, 0) is 4.79 Å². The second-order valence-corrected chi connectivity index (χ2v) is 2.88. The first-order valence-electron chi connectivity index (χ1n) is 3.26. The summed E-state index contributed by atoms with van der Waals surface area (Å²) in [5.74, 6) is -0.978. The molecule has 0 aromatic heterocycles. The molecule has 0 aliphatic heterocycles. The second kappa shape index (κ2) is 4.57. The number of hydrogen-bond acceptors (Lipinski definition) is 3. The molecule has 0 bridgehead atoms. The molecule has 0 aliphatic carbocycles. The fourth-order valence-electron chi connectivity index (χ4n) is 0.640. The summed E-state index contributed by atoms with van der Waals surface area (Å²) >= 11 is 4.04. The molecule has 0 aliphatic rings. The third-order valence-corrected chi connectivity index (χ3v) is 1.86. The average Bonchev–Trinajstić information content (AvgIpc) is 1.87. The molecule has 4 heteroatoms. The van der Waals surface area contributed by atoms with Crippen molar-refractivity contribution in [1.29, 1.82) is 0 Å². The van der Waals surface area contributed by atoms with Crippen LogP contribution in [0.15, 0.2) is 0 Å². The third kappa shape index (κ3) is 3.08. The maximum Gasteiger partial charge on any atom is 0.321 e. The Labute approximate surface area is 66.0 Å². The molecule has 0 aromatic rings. The number of nitrogens with two attached hydrogens (primary N) is 1. The highest BCUT2D eigenvalue weighted by Crippen LogP contribution is 2.07. The minimum Gasteiger partial charge on any atom is -0.480 e. The topological polar surface area (TPSA) is 63.3 Å². The van der Waals surface area contributed by atoms with Gasteiger partial charge in [-0.1, -0.05) is 13.3 Å². The minimum absolute atomic E-state index is 0.220. The summed E-state index contributed by atoms with van der Waals surface area (Å²) in [6.45, 7) is 1.97. The molecule has 0 heterocycles. The maximum absolute atomic E-state index is 10.2. The number of carboxylic acid groups (broad SMARTS) is 1. The molecular weight excluding hydrogens is 150 g/mol. The number of carbonyl (C=O) groups is 1. The maximum atomic E-state index is 10.2. The van der Waals surface area contributed by atoms with Crippen LogP contribution in [0.25, 0.3) is 0 Å². The standard InChI is InChI=1S/C6H13NO2S/c1-2-3-4(10)5(7)6(8)9/h4-5,10H,2-3,7H2,1H3,(H,8,9)/t4?,5-/m0/s1. The van der Waals surface area contributed by atoms with Crippen molar-refractivity contribution in [3.63, 3.8) is 0 Å². The smallest absolute Gasteiger partial charge is 0.321 e. The summed E-state index contributed by atoms with van der Waals surface area (Å²) < 4.78 is 0. The summed E-state index contributed by atoms with van der Waals surface area (Å²) in [5, 5.41) is 8.19. The fourth-order valence-corrected chi connectivity index (χ4v) is 1.03. The largest absolute Gasteiger partial charge is 0.480 e. The normalized spacial score (nSPS) is 16.3. The Morgan fingerprint density at radius 2 is 2.30 bits per heavy atom. The van der Waals surface area contributed by atoms with E-state index < -0.39 is 12.0 Å². The van der Waals surface area contributed by atoms with Gasteiger partial charge in [0.15, 0.2) is 0 Å². The van der Waals surface area contributed by atoms with Gasteiger partial charge in [0.05, 0.1) is 0 Å². The molecule has 0 aromatic carbocycles. The Kier molecular flexibility index (Phi) is 4.47. The molecule has 0 saturated carbocycles. The lowest BCUT2D eigenvalue weighted by atomic mass is 10.1. The van der Waals surface area contributed by atoms with Crippen molar-refractivity contribution in [1.82, 2.24) is 0 Å². The number of hydrogen-bond donors (Lipinski definition) is 3. The number of rotatable bonds is 4. The van der Waals surface area contributed by atoms with Crippen LogP contribution in [0, 0.1) is 0 Å². The van der Waals surface area contributed by atoms with Gasteiger partial charge in [0.25, 0.3) is 0 Å². The molecule has 0 radical (unpaired) electrons. The van der Waals surface area contributed by atoms with Crippen molar-refractivity contribution in [2.45, 2.75) is 31.1 Å². The zero-order valence-corrected chi connectivity index (χ0v) is 6.84. The lowest BCUT2D eigenvalue weighted by molar-refractivity contribution is -0.138. The highest BCUT2D eigenvalue weighted by Gasteiger charge is 2.19. The molecular formula is C6H13NO2S. The molecule has 3 nitrogen and oxygen atoms in total. The van der Waals surface area contributed by atoms with Gasteiger partial charge >= 0.3 is 5.97 Å². The van der Waals surface area contributed by atoms with E-state index in [-0.39, 0.29) is 5.25 Å². The van der Waals surface area contributed by atoms with Crippen molar-refractivity contribution in [3.05, 3.63) is 0 Å². The van der Waals surface area contributed by atoms with E-state index in [1.165, 1.54) is 0 Å².